The maximum atomic E-state index is 11.8. The van der Waals surface area contributed by atoms with Gasteiger partial charge in [-0.05, 0) is 42.3 Å². The van der Waals surface area contributed by atoms with E-state index in [1.807, 2.05) is 36.4 Å². The fourth-order valence-electron chi connectivity index (χ4n) is 2.13. The number of halogens is 1. The van der Waals surface area contributed by atoms with Gasteiger partial charge < -0.3 is 14.8 Å². The largest absolute Gasteiger partial charge is 0.497 e. The number of hydrogen-bond donors (Lipinski definition) is 1. The Bertz CT molecular complexity index is 664. The Morgan fingerprint density at radius 3 is 2.68 bits per heavy atom. The molecule has 0 atom stereocenters. The van der Waals surface area contributed by atoms with Crippen LogP contribution >= 0.6 is 23.4 Å². The highest BCUT2D eigenvalue weighted by Crippen LogP contribution is 2.17. The van der Waals surface area contributed by atoms with Gasteiger partial charge in [0.25, 0.3) is 0 Å². The molecule has 0 aliphatic carbocycles. The van der Waals surface area contributed by atoms with Crippen molar-refractivity contribution in [2.75, 3.05) is 31.8 Å². The molecule has 0 saturated heterocycles. The molecular weight excluding hydrogens is 358 g/mol. The zero-order chi connectivity index (χ0) is 17.9. The highest BCUT2D eigenvalue weighted by molar-refractivity contribution is 7.99. The maximum Gasteiger partial charge on any atom is 0.230 e. The van der Waals surface area contributed by atoms with Crippen molar-refractivity contribution in [3.05, 3.63) is 59.1 Å². The minimum Gasteiger partial charge on any atom is -0.497 e. The predicted molar refractivity (Wildman–Crippen MR) is 104 cm³/mol. The average molecular weight is 380 g/mol. The third-order valence-electron chi connectivity index (χ3n) is 3.42. The lowest BCUT2D eigenvalue weighted by Crippen LogP contribution is -2.27. The summed E-state index contributed by atoms with van der Waals surface area (Å²) in [6, 6.07) is 15.2. The molecule has 2 rings (SSSR count). The second-order valence-corrected chi connectivity index (χ2v) is 6.85. The number of thioether (sulfide) groups is 1. The van der Waals surface area contributed by atoms with Gasteiger partial charge in [0.2, 0.25) is 5.91 Å². The fraction of sp³-hybridized carbons (Fsp3) is 0.316. The summed E-state index contributed by atoms with van der Waals surface area (Å²) < 4.78 is 10.7. The van der Waals surface area contributed by atoms with E-state index in [0.29, 0.717) is 23.9 Å². The summed E-state index contributed by atoms with van der Waals surface area (Å²) in [6.45, 7) is 1.18. The van der Waals surface area contributed by atoms with Crippen molar-refractivity contribution in [3.8, 4) is 11.5 Å². The average Bonchev–Trinajstić information content (AvgIpc) is 2.62. The van der Waals surface area contributed by atoms with Crippen LogP contribution in [0.25, 0.3) is 0 Å². The van der Waals surface area contributed by atoms with E-state index in [2.05, 4.69) is 5.32 Å². The first kappa shape index (κ1) is 19.5. The zero-order valence-corrected chi connectivity index (χ0v) is 15.7. The number of methoxy groups -OCH3 is 1. The lowest BCUT2D eigenvalue weighted by molar-refractivity contribution is -0.118. The number of hydrogen-bond acceptors (Lipinski definition) is 4. The third-order valence-corrected chi connectivity index (χ3v) is 4.58. The minimum atomic E-state index is 0.0428. The number of carbonyl (C=O) groups excluding carboxylic acids is 1. The van der Waals surface area contributed by atoms with Crippen LogP contribution in [0.4, 0.5) is 0 Å². The van der Waals surface area contributed by atoms with E-state index >= 15 is 0 Å². The zero-order valence-electron chi connectivity index (χ0n) is 14.2. The quantitative estimate of drug-likeness (QED) is 0.637. The van der Waals surface area contributed by atoms with Gasteiger partial charge in [0.15, 0.2) is 0 Å². The first-order chi connectivity index (χ1) is 12.2. The van der Waals surface area contributed by atoms with E-state index < -0.39 is 0 Å². The molecule has 1 N–H and O–H groups in total. The van der Waals surface area contributed by atoms with Crippen LogP contribution in [-0.2, 0) is 11.2 Å². The Hall–Kier alpha value is -1.85. The molecular formula is C19H22ClNO3S. The minimum absolute atomic E-state index is 0.0428. The summed E-state index contributed by atoms with van der Waals surface area (Å²) in [5.74, 6) is 2.81. The van der Waals surface area contributed by atoms with E-state index in [1.165, 1.54) is 5.56 Å². The standard InChI is InChI=1S/C19H22ClNO3S/c1-23-17-7-5-15(6-8-17)9-10-21-19(22)14-25-12-11-24-18-4-2-3-16(20)13-18/h2-8,13H,9-12,14H2,1H3,(H,21,22). The third kappa shape index (κ3) is 7.71. The van der Waals surface area contributed by atoms with Crippen molar-refractivity contribution < 1.29 is 14.3 Å². The molecule has 0 spiro atoms. The molecule has 4 nitrogen and oxygen atoms in total. The molecule has 0 radical (unpaired) electrons. The lowest BCUT2D eigenvalue weighted by Gasteiger charge is -2.07. The molecule has 6 heteroatoms. The highest BCUT2D eigenvalue weighted by Gasteiger charge is 2.02. The van der Waals surface area contributed by atoms with Crippen molar-refractivity contribution in [1.29, 1.82) is 0 Å². The first-order valence-corrected chi connectivity index (χ1v) is 9.56. The van der Waals surface area contributed by atoms with Crippen molar-refractivity contribution in [1.82, 2.24) is 5.32 Å². The van der Waals surface area contributed by atoms with E-state index in [4.69, 9.17) is 21.1 Å². The molecule has 0 heterocycles. The first-order valence-electron chi connectivity index (χ1n) is 8.03. The van der Waals surface area contributed by atoms with Crippen LogP contribution in [0.1, 0.15) is 5.56 Å². The highest BCUT2D eigenvalue weighted by atomic mass is 35.5. The number of amides is 1. The SMILES string of the molecule is COc1ccc(CCNC(=O)CSCCOc2cccc(Cl)c2)cc1. The number of nitrogens with one attached hydrogen (secondary N) is 1. The summed E-state index contributed by atoms with van der Waals surface area (Å²) in [6.07, 6.45) is 0.804. The van der Waals surface area contributed by atoms with Gasteiger partial charge in [0, 0.05) is 17.3 Å². The number of rotatable bonds is 10. The molecule has 0 fully saturated rings. The van der Waals surface area contributed by atoms with Gasteiger partial charge in [0.05, 0.1) is 19.5 Å². The second kappa shape index (κ2) is 10.9. The normalized spacial score (nSPS) is 10.3. The number of carbonyl (C=O) groups is 1. The molecule has 2 aromatic carbocycles. The number of benzene rings is 2. The van der Waals surface area contributed by atoms with Gasteiger partial charge in [-0.25, -0.2) is 0 Å². The smallest absolute Gasteiger partial charge is 0.230 e. The van der Waals surface area contributed by atoms with Gasteiger partial charge in [-0.15, -0.1) is 11.8 Å². The molecule has 0 aromatic heterocycles. The van der Waals surface area contributed by atoms with Gasteiger partial charge in [-0.1, -0.05) is 29.8 Å². The Labute approximate surface area is 157 Å². The van der Waals surface area contributed by atoms with E-state index in [1.54, 1.807) is 31.0 Å². The summed E-state index contributed by atoms with van der Waals surface area (Å²) in [7, 11) is 1.65. The van der Waals surface area contributed by atoms with Crippen LogP contribution in [0.15, 0.2) is 48.5 Å². The molecule has 0 bridgehead atoms. The van der Waals surface area contributed by atoms with Crippen LogP contribution in [-0.4, -0.2) is 37.7 Å². The van der Waals surface area contributed by atoms with Gasteiger partial charge in [0.1, 0.15) is 11.5 Å². The molecule has 0 aliphatic rings. The molecule has 1 amide bonds. The Morgan fingerprint density at radius 1 is 1.16 bits per heavy atom. The summed E-state index contributed by atoms with van der Waals surface area (Å²) in [5, 5.41) is 3.58. The van der Waals surface area contributed by atoms with Gasteiger partial charge in [-0.3, -0.25) is 4.79 Å². The maximum absolute atomic E-state index is 11.8. The molecule has 2 aromatic rings. The van der Waals surface area contributed by atoms with Gasteiger partial charge >= 0.3 is 0 Å². The summed E-state index contributed by atoms with van der Waals surface area (Å²) >= 11 is 7.44. The van der Waals surface area contributed by atoms with Gasteiger partial charge in [-0.2, -0.15) is 0 Å². The van der Waals surface area contributed by atoms with Crippen LogP contribution in [0.3, 0.4) is 0 Å². The van der Waals surface area contributed by atoms with Crippen LogP contribution in [0.5, 0.6) is 11.5 Å². The fourth-order valence-corrected chi connectivity index (χ4v) is 2.94. The molecule has 25 heavy (non-hydrogen) atoms. The van der Waals surface area contributed by atoms with Crippen molar-refractivity contribution in [2.45, 2.75) is 6.42 Å². The van der Waals surface area contributed by atoms with Crippen molar-refractivity contribution in [2.24, 2.45) is 0 Å². The molecule has 134 valence electrons. The van der Waals surface area contributed by atoms with Crippen LogP contribution in [0.2, 0.25) is 5.02 Å². The molecule has 0 aliphatic heterocycles. The lowest BCUT2D eigenvalue weighted by atomic mass is 10.1. The molecule has 0 unspecified atom stereocenters. The Balaban J connectivity index is 1.53. The number of ether oxygens (including phenoxy) is 2. The van der Waals surface area contributed by atoms with E-state index in [9.17, 15) is 4.79 Å². The summed E-state index contributed by atoms with van der Waals surface area (Å²) in [5.41, 5.74) is 1.17. The Kier molecular flexibility index (Phi) is 8.49. The second-order valence-electron chi connectivity index (χ2n) is 5.31. The summed E-state index contributed by atoms with van der Waals surface area (Å²) in [4.78, 5) is 11.8. The monoisotopic (exact) mass is 379 g/mol. The Morgan fingerprint density at radius 2 is 1.96 bits per heavy atom. The van der Waals surface area contributed by atoms with Crippen molar-refractivity contribution in [3.63, 3.8) is 0 Å². The van der Waals surface area contributed by atoms with Crippen LogP contribution in [0, 0.1) is 0 Å². The van der Waals surface area contributed by atoms with E-state index in [-0.39, 0.29) is 5.91 Å². The molecule has 0 saturated carbocycles. The van der Waals surface area contributed by atoms with E-state index in [0.717, 1.165) is 23.7 Å². The van der Waals surface area contributed by atoms with Crippen LogP contribution < -0.4 is 14.8 Å². The topological polar surface area (TPSA) is 47.6 Å². The predicted octanol–water partition coefficient (Wildman–Crippen LogP) is 3.82. The van der Waals surface area contributed by atoms with Crippen molar-refractivity contribution >= 4 is 29.3 Å².